The number of carbonyl (C=O) groups is 4. The Balaban J connectivity index is 1.47. The molecular formula is C30H32F2N8O5S. The second-order valence-electron chi connectivity index (χ2n) is 11.0. The molecule has 0 radical (unpaired) electrons. The van der Waals surface area contributed by atoms with Crippen LogP contribution in [-0.4, -0.2) is 67.9 Å². The monoisotopic (exact) mass is 654 g/mol. The molecule has 0 fully saturated rings. The third kappa shape index (κ3) is 7.44. The lowest BCUT2D eigenvalue weighted by Gasteiger charge is -2.25. The molecule has 4 bridgehead atoms. The molecule has 0 aliphatic carbocycles. The Kier molecular flexibility index (Phi) is 9.84. The number of hydrogen-bond donors (Lipinski definition) is 3. The van der Waals surface area contributed by atoms with Crippen LogP contribution in [0.2, 0.25) is 0 Å². The molecule has 0 saturated carbocycles. The van der Waals surface area contributed by atoms with E-state index in [0.717, 1.165) is 27.5 Å². The number of aromatic nitrogens is 4. The Morgan fingerprint density at radius 2 is 1.85 bits per heavy atom. The topological polar surface area (TPSA) is 164 Å². The van der Waals surface area contributed by atoms with Crippen LogP contribution < -0.4 is 16.0 Å². The van der Waals surface area contributed by atoms with Gasteiger partial charge in [-0.15, -0.1) is 11.3 Å². The average Bonchev–Trinajstić information content (AvgIpc) is 3.79. The maximum atomic E-state index is 13.5. The number of thiazole rings is 1. The van der Waals surface area contributed by atoms with Gasteiger partial charge < -0.3 is 25.3 Å². The summed E-state index contributed by atoms with van der Waals surface area (Å²) in [5.74, 6) is -2.46. The van der Waals surface area contributed by atoms with Gasteiger partial charge in [0.2, 0.25) is 11.8 Å². The summed E-state index contributed by atoms with van der Waals surface area (Å²) < 4.78 is 33.3. The number of hydrogen-bond acceptors (Lipinski definition) is 9. The molecule has 13 nitrogen and oxygen atoms in total. The molecule has 1 aromatic carbocycles. The van der Waals surface area contributed by atoms with E-state index in [1.54, 1.807) is 5.38 Å². The van der Waals surface area contributed by atoms with E-state index in [1.807, 2.05) is 44.2 Å². The molecule has 46 heavy (non-hydrogen) atoms. The number of nitrogens with zero attached hydrogens (tertiary/aromatic N) is 5. The molecule has 4 heterocycles. The maximum Gasteiger partial charge on any atom is 0.282 e. The van der Waals surface area contributed by atoms with Crippen molar-refractivity contribution in [1.29, 1.82) is 0 Å². The van der Waals surface area contributed by atoms with Gasteiger partial charge in [0.1, 0.15) is 34.4 Å². The number of rotatable bonds is 5. The molecule has 3 N–H and O–H groups in total. The first-order valence-electron chi connectivity index (χ1n) is 14.4. The number of halogens is 2. The van der Waals surface area contributed by atoms with E-state index in [0.29, 0.717) is 11.4 Å². The Hall–Kier alpha value is -4.99. The molecule has 4 amide bonds. The van der Waals surface area contributed by atoms with Crippen LogP contribution in [0.1, 0.15) is 86.0 Å². The van der Waals surface area contributed by atoms with E-state index in [-0.39, 0.29) is 42.0 Å². The Labute approximate surface area is 266 Å². The first-order chi connectivity index (χ1) is 22.0. The minimum absolute atomic E-state index is 0.0667. The molecule has 0 spiro atoms. The molecule has 4 aromatic rings. The van der Waals surface area contributed by atoms with Gasteiger partial charge in [-0.25, -0.2) is 18.7 Å². The fourth-order valence-corrected chi connectivity index (χ4v) is 5.90. The largest absolute Gasteiger partial charge is 0.446 e. The first kappa shape index (κ1) is 32.4. The van der Waals surface area contributed by atoms with Crippen molar-refractivity contribution >= 4 is 35.0 Å². The van der Waals surface area contributed by atoms with E-state index in [1.165, 1.54) is 18.4 Å². The van der Waals surface area contributed by atoms with E-state index < -0.39 is 54.4 Å². The van der Waals surface area contributed by atoms with Crippen LogP contribution in [0.3, 0.4) is 0 Å². The van der Waals surface area contributed by atoms with Gasteiger partial charge >= 0.3 is 0 Å². The number of benzene rings is 1. The molecule has 5 rings (SSSR count). The molecule has 16 heteroatoms. The molecule has 1 aliphatic heterocycles. The number of fused-ring (bicyclic) bond motifs is 4. The van der Waals surface area contributed by atoms with Crippen molar-refractivity contribution in [3.63, 3.8) is 0 Å². The number of oxazole rings is 1. The Bertz CT molecular complexity index is 1720. The third-order valence-electron chi connectivity index (χ3n) is 7.27. The van der Waals surface area contributed by atoms with Crippen LogP contribution in [0.25, 0.3) is 0 Å². The van der Waals surface area contributed by atoms with Crippen LogP contribution in [0.15, 0.2) is 52.5 Å². The summed E-state index contributed by atoms with van der Waals surface area (Å²) in [5.41, 5.74) is 0.202. The molecule has 0 saturated heterocycles. The highest BCUT2D eigenvalue weighted by atomic mass is 32.1. The van der Waals surface area contributed by atoms with Crippen LogP contribution in [0, 0.1) is 5.92 Å². The summed E-state index contributed by atoms with van der Waals surface area (Å²) in [6.45, 7) is 3.04. The standard InChI is InChI=1S/C30H32F2N8O5S/c1-16(2)24-29-36-21(15-46-29)27(43)34-19(11-17-7-5-4-6-8-17)28-35-20(14-45-28)26(42)33-9-10-40(13-23(41)37-24)30(44)22-12-18(25(31)32)38-39(22)3/h4-8,12,14-16,19,24-25H,9-11,13H2,1-3H3,(H,33,42)(H,34,43)(H,37,41)/t19-,24-/m0/s1. The number of aryl methyl sites for hydroxylation is 1. The Morgan fingerprint density at radius 3 is 2.54 bits per heavy atom. The summed E-state index contributed by atoms with van der Waals surface area (Å²) in [7, 11) is 1.35. The van der Waals surface area contributed by atoms with E-state index >= 15 is 0 Å². The highest BCUT2D eigenvalue weighted by Crippen LogP contribution is 2.26. The molecular weight excluding hydrogens is 622 g/mol. The summed E-state index contributed by atoms with van der Waals surface area (Å²) in [5, 5.41) is 14.2. The van der Waals surface area contributed by atoms with E-state index in [9.17, 15) is 28.0 Å². The average molecular weight is 655 g/mol. The van der Waals surface area contributed by atoms with Gasteiger partial charge in [-0.05, 0) is 17.5 Å². The molecule has 242 valence electrons. The van der Waals surface area contributed by atoms with Crippen LogP contribution in [-0.2, 0) is 18.3 Å². The highest BCUT2D eigenvalue weighted by Gasteiger charge is 2.29. The second-order valence-corrected chi connectivity index (χ2v) is 11.9. The number of nitrogens with one attached hydrogen (secondary N) is 3. The molecule has 2 atom stereocenters. The fourth-order valence-electron chi connectivity index (χ4n) is 4.88. The smallest absolute Gasteiger partial charge is 0.282 e. The van der Waals surface area contributed by atoms with E-state index in [4.69, 9.17) is 4.42 Å². The zero-order valence-corrected chi connectivity index (χ0v) is 26.0. The van der Waals surface area contributed by atoms with Gasteiger partial charge in [0.15, 0.2) is 5.69 Å². The Morgan fingerprint density at radius 1 is 1.09 bits per heavy atom. The zero-order valence-electron chi connectivity index (χ0n) is 25.2. The van der Waals surface area contributed by atoms with Crippen molar-refractivity contribution in [1.82, 2.24) is 40.6 Å². The van der Waals surface area contributed by atoms with Gasteiger partial charge in [-0.2, -0.15) is 5.10 Å². The summed E-state index contributed by atoms with van der Waals surface area (Å²) in [4.78, 5) is 63.2. The quantitative estimate of drug-likeness (QED) is 0.295. The normalized spacial score (nSPS) is 18.2. The van der Waals surface area contributed by atoms with Gasteiger partial charge in [0.05, 0.1) is 12.6 Å². The maximum absolute atomic E-state index is 13.5. The summed E-state index contributed by atoms with van der Waals surface area (Å²) in [6, 6.07) is 8.98. The van der Waals surface area contributed by atoms with Crippen molar-refractivity contribution in [2.75, 3.05) is 19.6 Å². The summed E-state index contributed by atoms with van der Waals surface area (Å²) in [6.07, 6.45) is -1.42. The lowest BCUT2D eigenvalue weighted by molar-refractivity contribution is -0.122. The fraction of sp³-hybridized carbons (Fsp3) is 0.367. The lowest BCUT2D eigenvalue weighted by atomic mass is 10.0. The molecule has 0 unspecified atom stereocenters. The zero-order chi connectivity index (χ0) is 33.0. The number of carbonyl (C=O) groups excluding carboxylic acids is 4. The van der Waals surface area contributed by atoms with Crippen LogP contribution in [0.5, 0.6) is 0 Å². The first-order valence-corrected chi connectivity index (χ1v) is 15.3. The molecule has 1 aliphatic rings. The number of amides is 4. The van der Waals surface area contributed by atoms with Gasteiger partial charge in [0, 0.05) is 31.9 Å². The van der Waals surface area contributed by atoms with Crippen molar-refractivity contribution in [2.24, 2.45) is 13.0 Å². The SMILES string of the molecule is CC(C)[C@@H]1NC(=O)CN(C(=O)c2cc(C(F)F)nn2C)CCNC(=O)c2coc(n2)[C@H](Cc2ccccc2)NC(=O)c2csc1n2. The number of alkyl halides is 2. The second kappa shape index (κ2) is 14.0. The minimum atomic E-state index is -2.90. The lowest BCUT2D eigenvalue weighted by Crippen LogP contribution is -2.46. The third-order valence-corrected chi connectivity index (χ3v) is 8.20. The van der Waals surface area contributed by atoms with Gasteiger partial charge in [-0.3, -0.25) is 23.9 Å². The van der Waals surface area contributed by atoms with Crippen LogP contribution >= 0.6 is 11.3 Å². The van der Waals surface area contributed by atoms with Crippen molar-refractivity contribution in [3.8, 4) is 0 Å². The van der Waals surface area contributed by atoms with Gasteiger partial charge in [-0.1, -0.05) is 44.2 Å². The van der Waals surface area contributed by atoms with E-state index in [2.05, 4.69) is 31.0 Å². The molecule has 3 aromatic heterocycles. The van der Waals surface area contributed by atoms with Crippen molar-refractivity contribution < 1.29 is 32.4 Å². The van der Waals surface area contributed by atoms with Crippen molar-refractivity contribution in [2.45, 2.75) is 38.8 Å². The van der Waals surface area contributed by atoms with Crippen LogP contribution in [0.4, 0.5) is 8.78 Å². The predicted octanol–water partition coefficient (Wildman–Crippen LogP) is 3.22. The predicted molar refractivity (Wildman–Crippen MR) is 161 cm³/mol. The summed E-state index contributed by atoms with van der Waals surface area (Å²) >= 11 is 1.19. The van der Waals surface area contributed by atoms with Crippen molar-refractivity contribution in [3.05, 3.63) is 87.3 Å². The minimum Gasteiger partial charge on any atom is -0.446 e. The van der Waals surface area contributed by atoms with Gasteiger partial charge in [0.25, 0.3) is 24.1 Å². The highest BCUT2D eigenvalue weighted by molar-refractivity contribution is 7.09.